The standard InChI is InChI=1S/C21H44O6Si/c1-10-12-14-18(25-15-23-6)20(27-28(8,9)21(3,4)5)19(26-16-24-7)17(22)13-11-2/h11,17-20,22H,2,10,12-16H2,1,3-9H3/t17-,18+,19-,20-/m1/s1. The van der Waals surface area contributed by atoms with E-state index in [1.54, 1.807) is 20.3 Å². The van der Waals surface area contributed by atoms with Crippen LogP contribution in [0.25, 0.3) is 0 Å². The van der Waals surface area contributed by atoms with E-state index in [-0.39, 0.29) is 24.7 Å². The second kappa shape index (κ2) is 13.9. The average molecular weight is 421 g/mol. The molecule has 6 nitrogen and oxygen atoms in total. The van der Waals surface area contributed by atoms with E-state index >= 15 is 0 Å². The van der Waals surface area contributed by atoms with Crippen molar-refractivity contribution in [3.63, 3.8) is 0 Å². The Morgan fingerprint density at radius 1 is 1.04 bits per heavy atom. The highest BCUT2D eigenvalue weighted by atomic mass is 28.4. The number of ether oxygens (including phenoxy) is 4. The monoisotopic (exact) mass is 420 g/mol. The minimum atomic E-state index is -2.16. The molecule has 168 valence electrons. The summed E-state index contributed by atoms with van der Waals surface area (Å²) in [5.74, 6) is 0. The Morgan fingerprint density at radius 2 is 1.61 bits per heavy atom. The van der Waals surface area contributed by atoms with Gasteiger partial charge in [0.05, 0.1) is 12.2 Å². The maximum Gasteiger partial charge on any atom is 0.192 e. The third-order valence-corrected chi connectivity index (χ3v) is 9.81. The molecule has 0 aromatic carbocycles. The summed E-state index contributed by atoms with van der Waals surface area (Å²) in [6.07, 6.45) is 2.86. The lowest BCUT2D eigenvalue weighted by Gasteiger charge is -2.44. The molecule has 0 fully saturated rings. The van der Waals surface area contributed by atoms with Gasteiger partial charge in [-0.2, -0.15) is 0 Å². The number of unbranched alkanes of at least 4 members (excludes halogenated alkanes) is 1. The van der Waals surface area contributed by atoms with Gasteiger partial charge in [0.15, 0.2) is 8.32 Å². The first-order chi connectivity index (χ1) is 13.1. The molecule has 7 heteroatoms. The summed E-state index contributed by atoms with van der Waals surface area (Å²) in [6.45, 7) is 17.1. The van der Waals surface area contributed by atoms with Gasteiger partial charge in [-0.25, -0.2) is 0 Å². The van der Waals surface area contributed by atoms with Crippen LogP contribution < -0.4 is 0 Å². The number of methoxy groups -OCH3 is 2. The molecule has 0 aliphatic heterocycles. The Morgan fingerprint density at radius 3 is 2.07 bits per heavy atom. The van der Waals surface area contributed by atoms with Gasteiger partial charge in [0.1, 0.15) is 25.8 Å². The number of hydrogen-bond donors (Lipinski definition) is 1. The first kappa shape index (κ1) is 27.7. The Bertz CT molecular complexity index is 402. The van der Waals surface area contributed by atoms with Crippen LogP contribution in [0.2, 0.25) is 18.1 Å². The lowest BCUT2D eigenvalue weighted by atomic mass is 9.97. The summed E-state index contributed by atoms with van der Waals surface area (Å²) in [4.78, 5) is 0. The number of aliphatic hydroxyl groups excluding tert-OH is 1. The lowest BCUT2D eigenvalue weighted by Crippen LogP contribution is -2.55. The van der Waals surface area contributed by atoms with Crippen LogP contribution in [0.15, 0.2) is 12.7 Å². The van der Waals surface area contributed by atoms with Gasteiger partial charge in [-0.1, -0.05) is 46.6 Å². The van der Waals surface area contributed by atoms with Crippen molar-refractivity contribution in [1.82, 2.24) is 0 Å². The van der Waals surface area contributed by atoms with Gasteiger partial charge in [0, 0.05) is 14.2 Å². The predicted molar refractivity (Wildman–Crippen MR) is 116 cm³/mol. The Kier molecular flexibility index (Phi) is 13.7. The average Bonchev–Trinajstić information content (AvgIpc) is 2.60. The maximum atomic E-state index is 10.8. The van der Waals surface area contributed by atoms with Crippen LogP contribution in [0.3, 0.4) is 0 Å². The van der Waals surface area contributed by atoms with E-state index in [4.69, 9.17) is 23.4 Å². The van der Waals surface area contributed by atoms with Crippen molar-refractivity contribution < 1.29 is 28.5 Å². The van der Waals surface area contributed by atoms with Gasteiger partial charge in [0.25, 0.3) is 0 Å². The fourth-order valence-corrected chi connectivity index (χ4v) is 3.97. The first-order valence-electron chi connectivity index (χ1n) is 10.2. The zero-order chi connectivity index (χ0) is 21.8. The van der Waals surface area contributed by atoms with Gasteiger partial charge >= 0.3 is 0 Å². The molecule has 0 rings (SSSR count). The van der Waals surface area contributed by atoms with Crippen LogP contribution in [0.5, 0.6) is 0 Å². The molecule has 28 heavy (non-hydrogen) atoms. The summed E-state index contributed by atoms with van der Waals surface area (Å²) in [5, 5.41) is 10.8. The highest BCUT2D eigenvalue weighted by Gasteiger charge is 2.45. The quantitative estimate of drug-likeness (QED) is 0.226. The molecule has 0 radical (unpaired) electrons. The maximum absolute atomic E-state index is 10.8. The topological polar surface area (TPSA) is 66.4 Å². The minimum Gasteiger partial charge on any atom is -0.409 e. The fourth-order valence-electron chi connectivity index (χ4n) is 2.65. The third-order valence-electron chi connectivity index (χ3n) is 5.34. The van der Waals surface area contributed by atoms with E-state index in [2.05, 4.69) is 47.4 Å². The molecule has 0 aliphatic rings. The summed E-state index contributed by atoms with van der Waals surface area (Å²) in [5.41, 5.74) is 0. The van der Waals surface area contributed by atoms with E-state index < -0.39 is 26.6 Å². The molecule has 0 aliphatic carbocycles. The Labute approximate surface area is 173 Å². The first-order valence-corrected chi connectivity index (χ1v) is 13.1. The minimum absolute atomic E-state index is 0.0109. The van der Waals surface area contributed by atoms with Crippen LogP contribution >= 0.6 is 0 Å². The molecule has 0 aromatic rings. The number of rotatable bonds is 16. The SMILES string of the molecule is C=CC[C@@H](O)[C@@H](OCOC)[C@H](O[Si](C)(C)C(C)(C)C)[C@H](CCCC)OCOC. The number of aliphatic hydroxyl groups is 1. The van der Waals surface area contributed by atoms with Crippen LogP contribution in [0, 0.1) is 0 Å². The third kappa shape index (κ3) is 9.48. The fraction of sp³-hybridized carbons (Fsp3) is 0.905. The van der Waals surface area contributed by atoms with Gasteiger partial charge < -0.3 is 28.5 Å². The predicted octanol–water partition coefficient (Wildman–Crippen LogP) is 4.48. The van der Waals surface area contributed by atoms with Gasteiger partial charge in [-0.05, 0) is 31.0 Å². The van der Waals surface area contributed by atoms with Crippen LogP contribution in [-0.4, -0.2) is 65.6 Å². The zero-order valence-electron chi connectivity index (χ0n) is 19.3. The molecule has 4 atom stereocenters. The highest BCUT2D eigenvalue weighted by Crippen LogP contribution is 2.39. The molecular formula is C21H44O6Si. The highest BCUT2D eigenvalue weighted by molar-refractivity contribution is 6.74. The number of hydrogen-bond acceptors (Lipinski definition) is 6. The van der Waals surface area contributed by atoms with Crippen molar-refractivity contribution >= 4 is 8.32 Å². The molecule has 0 unspecified atom stereocenters. The van der Waals surface area contributed by atoms with Gasteiger partial charge in [-0.3, -0.25) is 0 Å². The van der Waals surface area contributed by atoms with E-state index in [1.165, 1.54) is 0 Å². The van der Waals surface area contributed by atoms with Crippen molar-refractivity contribution in [3.8, 4) is 0 Å². The molecule has 0 saturated heterocycles. The second-order valence-corrected chi connectivity index (χ2v) is 13.5. The summed E-state index contributed by atoms with van der Waals surface area (Å²) in [6, 6.07) is 0. The smallest absolute Gasteiger partial charge is 0.192 e. The molecule has 1 N–H and O–H groups in total. The van der Waals surface area contributed by atoms with Crippen LogP contribution in [-0.2, 0) is 23.4 Å². The molecule has 0 aromatic heterocycles. The van der Waals surface area contributed by atoms with Gasteiger partial charge in [-0.15, -0.1) is 6.58 Å². The Balaban J connectivity index is 5.92. The van der Waals surface area contributed by atoms with E-state index in [0.717, 1.165) is 19.3 Å². The van der Waals surface area contributed by atoms with Crippen LogP contribution in [0.1, 0.15) is 53.4 Å². The summed E-state index contributed by atoms with van der Waals surface area (Å²) in [7, 11) is 1.01. The second-order valence-electron chi connectivity index (χ2n) is 8.73. The summed E-state index contributed by atoms with van der Waals surface area (Å²) >= 11 is 0. The Hall–Kier alpha value is -0.283. The normalized spacial score (nSPS) is 17.2. The van der Waals surface area contributed by atoms with E-state index in [0.29, 0.717) is 6.42 Å². The molecule has 0 bridgehead atoms. The lowest BCUT2D eigenvalue weighted by molar-refractivity contribution is -0.189. The largest absolute Gasteiger partial charge is 0.409 e. The summed E-state index contributed by atoms with van der Waals surface area (Å²) < 4.78 is 29.0. The van der Waals surface area contributed by atoms with Crippen LogP contribution in [0.4, 0.5) is 0 Å². The molecular weight excluding hydrogens is 376 g/mol. The molecule has 0 spiro atoms. The van der Waals surface area contributed by atoms with E-state index in [9.17, 15) is 5.11 Å². The van der Waals surface area contributed by atoms with Crippen molar-refractivity contribution in [2.24, 2.45) is 0 Å². The zero-order valence-corrected chi connectivity index (χ0v) is 20.3. The molecule has 0 amide bonds. The van der Waals surface area contributed by atoms with E-state index in [1.807, 2.05) is 0 Å². The van der Waals surface area contributed by atoms with Crippen molar-refractivity contribution in [2.75, 3.05) is 27.8 Å². The van der Waals surface area contributed by atoms with Crippen molar-refractivity contribution in [3.05, 3.63) is 12.7 Å². The molecule has 0 heterocycles. The van der Waals surface area contributed by atoms with Gasteiger partial charge in [0.2, 0.25) is 0 Å². The van der Waals surface area contributed by atoms with Crippen molar-refractivity contribution in [2.45, 2.75) is 95.9 Å². The van der Waals surface area contributed by atoms with Crippen molar-refractivity contribution in [1.29, 1.82) is 0 Å². The molecule has 0 saturated carbocycles.